The molecule has 0 spiro atoms. The molecule has 39 heavy (non-hydrogen) atoms. The van der Waals surface area contributed by atoms with Crippen LogP contribution < -0.4 is 10.2 Å². The first-order chi connectivity index (χ1) is 18.0. The van der Waals surface area contributed by atoms with Gasteiger partial charge < -0.3 is 15.0 Å². The number of hydrogen-bond donors (Lipinski definition) is 1. The van der Waals surface area contributed by atoms with E-state index < -0.39 is 72.6 Å². The maximum Gasteiger partial charge on any atom is 0.410 e. The van der Waals surface area contributed by atoms with Crippen LogP contribution in [0.1, 0.15) is 32.8 Å². The predicted molar refractivity (Wildman–Crippen MR) is 129 cm³/mol. The summed E-state index contributed by atoms with van der Waals surface area (Å²) >= 11 is 0. The highest BCUT2D eigenvalue weighted by Crippen LogP contribution is 2.75. The number of rotatable bonds is 3. The Morgan fingerprint density at radius 3 is 2.51 bits per heavy atom. The zero-order valence-electron chi connectivity index (χ0n) is 21.4. The van der Waals surface area contributed by atoms with Crippen molar-refractivity contribution in [2.45, 2.75) is 50.9 Å². The van der Waals surface area contributed by atoms with Crippen LogP contribution in [0, 0.1) is 22.2 Å². The second-order valence-electron chi connectivity index (χ2n) is 11.5. The number of nitrogens with zero attached hydrogens (tertiary/aromatic N) is 4. The molecule has 1 aliphatic carbocycles. The Morgan fingerprint density at radius 1 is 1.15 bits per heavy atom. The summed E-state index contributed by atoms with van der Waals surface area (Å²) < 4.78 is 78.1. The van der Waals surface area contributed by atoms with Crippen molar-refractivity contribution in [2.75, 3.05) is 31.1 Å². The second-order valence-corrected chi connectivity index (χ2v) is 11.5. The lowest BCUT2D eigenvalue weighted by molar-refractivity contribution is -0.192. The van der Waals surface area contributed by atoms with Crippen LogP contribution in [0.4, 0.5) is 32.4 Å². The Kier molecular flexibility index (Phi) is 5.80. The number of anilines is 1. The normalized spacial score (nSPS) is 27.7. The molecular weight excluding hydrogens is 525 g/mol. The fraction of sp³-hybridized carbons (Fsp3) is 0.538. The van der Waals surface area contributed by atoms with Crippen LogP contribution in [0.5, 0.6) is 0 Å². The number of halogens is 5. The molecule has 1 aromatic heterocycles. The maximum absolute atomic E-state index is 14.8. The summed E-state index contributed by atoms with van der Waals surface area (Å²) in [5.41, 5.74) is -4.43. The molecule has 2 aromatic rings. The molecule has 0 bridgehead atoms. The molecule has 5 rings (SSSR count). The van der Waals surface area contributed by atoms with Gasteiger partial charge in [0, 0.05) is 30.4 Å². The maximum atomic E-state index is 14.8. The third kappa shape index (κ3) is 4.20. The topological polar surface area (TPSA) is 98.6 Å². The van der Waals surface area contributed by atoms with E-state index in [1.54, 1.807) is 32.9 Å². The van der Waals surface area contributed by atoms with E-state index in [0.717, 1.165) is 4.90 Å². The summed E-state index contributed by atoms with van der Waals surface area (Å²) in [6, 6.07) is 6.30. The van der Waals surface area contributed by atoms with Crippen molar-refractivity contribution < 1.29 is 36.3 Å². The Hall–Kier alpha value is -3.69. The van der Waals surface area contributed by atoms with Crippen LogP contribution in [0.3, 0.4) is 0 Å². The van der Waals surface area contributed by atoms with E-state index >= 15 is 0 Å². The average Bonchev–Trinajstić information content (AvgIpc) is 3.22. The Labute approximate surface area is 220 Å². The molecule has 0 radical (unpaired) electrons. The molecule has 1 N–H and O–H groups in total. The van der Waals surface area contributed by atoms with Gasteiger partial charge in [0.2, 0.25) is 5.91 Å². The Morgan fingerprint density at radius 2 is 1.87 bits per heavy atom. The van der Waals surface area contributed by atoms with Crippen molar-refractivity contribution in [3.63, 3.8) is 0 Å². The molecule has 1 aromatic carbocycles. The number of carbonyl (C=O) groups excluding carboxylic acids is 2. The number of fused-ring (bicyclic) bond motifs is 2. The molecule has 3 aliphatic rings. The smallest absolute Gasteiger partial charge is 0.410 e. The molecule has 1 unspecified atom stereocenters. The lowest BCUT2D eigenvalue weighted by Crippen LogP contribution is -2.51. The standard InChI is InChI=1S/C26H26F5N5O3/c1-22(2,3)39-21(38)35-10-18(25(27,28)14-35)34-20(37)23-11-24(23,26(29,30)31)13-36(12-23)17-7-6-15(9-32)19-16(17)5-4-8-33-19/h4-8,18H,10-14H2,1-3H3,(H,34,37)/t18?,23-,24-/m0/s1. The van der Waals surface area contributed by atoms with Gasteiger partial charge in [-0.2, -0.15) is 18.4 Å². The van der Waals surface area contributed by atoms with E-state index in [2.05, 4.69) is 10.3 Å². The third-order valence-electron chi connectivity index (χ3n) is 7.77. The minimum atomic E-state index is -4.78. The summed E-state index contributed by atoms with van der Waals surface area (Å²) in [5, 5.41) is 12.0. The lowest BCUT2D eigenvalue weighted by Gasteiger charge is -2.26. The highest BCUT2D eigenvalue weighted by atomic mass is 19.4. The summed E-state index contributed by atoms with van der Waals surface area (Å²) in [7, 11) is 0. The molecule has 1 saturated carbocycles. The number of aromatic nitrogens is 1. The quantitative estimate of drug-likeness (QED) is 0.574. The summed E-state index contributed by atoms with van der Waals surface area (Å²) in [4.78, 5) is 32.0. The number of carbonyl (C=O) groups is 2. The Bertz CT molecular complexity index is 1400. The van der Waals surface area contributed by atoms with Gasteiger partial charge in [0.25, 0.3) is 5.92 Å². The van der Waals surface area contributed by atoms with Gasteiger partial charge in [0.1, 0.15) is 23.1 Å². The average molecular weight is 552 g/mol. The van der Waals surface area contributed by atoms with Crippen molar-refractivity contribution in [3.05, 3.63) is 36.0 Å². The minimum absolute atomic E-state index is 0.245. The number of nitrogens with one attached hydrogen (secondary N) is 1. The Balaban J connectivity index is 1.42. The zero-order chi connectivity index (χ0) is 28.6. The molecule has 13 heteroatoms. The van der Waals surface area contributed by atoms with Crippen molar-refractivity contribution in [2.24, 2.45) is 10.8 Å². The number of ether oxygens (including phenoxy) is 1. The van der Waals surface area contributed by atoms with E-state index in [1.165, 1.54) is 23.2 Å². The van der Waals surface area contributed by atoms with Gasteiger partial charge in [-0.3, -0.25) is 14.7 Å². The van der Waals surface area contributed by atoms with Gasteiger partial charge in [-0.25, -0.2) is 13.6 Å². The third-order valence-corrected chi connectivity index (χ3v) is 7.77. The van der Waals surface area contributed by atoms with Gasteiger partial charge in [-0.1, -0.05) is 0 Å². The molecular formula is C26H26F5N5O3. The molecule has 3 atom stereocenters. The largest absolute Gasteiger partial charge is 0.444 e. The van der Waals surface area contributed by atoms with E-state index in [1.807, 2.05) is 6.07 Å². The van der Waals surface area contributed by atoms with Crippen molar-refractivity contribution >= 4 is 28.6 Å². The highest BCUT2D eigenvalue weighted by molar-refractivity contribution is 5.97. The fourth-order valence-electron chi connectivity index (χ4n) is 5.81. The van der Waals surface area contributed by atoms with Crippen LogP contribution in [0.25, 0.3) is 10.9 Å². The molecule has 8 nitrogen and oxygen atoms in total. The van der Waals surface area contributed by atoms with E-state index in [-0.39, 0.29) is 12.1 Å². The van der Waals surface area contributed by atoms with Gasteiger partial charge >= 0.3 is 12.3 Å². The van der Waals surface area contributed by atoms with Gasteiger partial charge in [-0.15, -0.1) is 0 Å². The predicted octanol–water partition coefficient (Wildman–Crippen LogP) is 4.24. The van der Waals surface area contributed by atoms with Gasteiger partial charge in [-0.05, 0) is 51.5 Å². The molecule has 2 saturated heterocycles. The number of alkyl halides is 5. The van der Waals surface area contributed by atoms with Crippen LogP contribution in [-0.2, 0) is 9.53 Å². The van der Waals surface area contributed by atoms with Crippen LogP contribution in [0.2, 0.25) is 0 Å². The highest BCUT2D eigenvalue weighted by Gasteiger charge is 2.86. The van der Waals surface area contributed by atoms with Crippen LogP contribution in [0.15, 0.2) is 30.5 Å². The molecule has 3 fully saturated rings. The molecule has 208 valence electrons. The van der Waals surface area contributed by atoms with Crippen molar-refractivity contribution in [3.8, 4) is 6.07 Å². The zero-order valence-corrected chi connectivity index (χ0v) is 21.4. The monoisotopic (exact) mass is 551 g/mol. The summed E-state index contributed by atoms with van der Waals surface area (Å²) in [6.07, 6.45) is -4.85. The van der Waals surface area contributed by atoms with Crippen LogP contribution in [-0.4, -0.2) is 71.8 Å². The van der Waals surface area contributed by atoms with Crippen molar-refractivity contribution in [1.29, 1.82) is 5.26 Å². The number of benzene rings is 1. The molecule has 2 amide bonds. The van der Waals surface area contributed by atoms with E-state index in [4.69, 9.17) is 4.74 Å². The van der Waals surface area contributed by atoms with Gasteiger partial charge in [0.05, 0.1) is 29.6 Å². The first-order valence-corrected chi connectivity index (χ1v) is 12.3. The minimum Gasteiger partial charge on any atom is -0.444 e. The first kappa shape index (κ1) is 26.9. The number of piperidine rings is 1. The number of amides is 2. The number of likely N-dealkylation sites (tertiary alicyclic amines) is 1. The number of pyridine rings is 1. The summed E-state index contributed by atoms with van der Waals surface area (Å²) in [6.45, 7) is 2.17. The number of nitriles is 1. The van der Waals surface area contributed by atoms with Gasteiger partial charge in [0.15, 0.2) is 0 Å². The lowest BCUT2D eigenvalue weighted by atomic mass is 9.94. The van der Waals surface area contributed by atoms with E-state index in [0.29, 0.717) is 16.6 Å². The molecule has 3 heterocycles. The fourth-order valence-corrected chi connectivity index (χ4v) is 5.81. The molecule has 2 aliphatic heterocycles. The van der Waals surface area contributed by atoms with Crippen LogP contribution >= 0.6 is 0 Å². The second kappa shape index (κ2) is 8.40. The number of hydrogen-bond acceptors (Lipinski definition) is 6. The van der Waals surface area contributed by atoms with E-state index in [9.17, 15) is 36.8 Å². The first-order valence-electron chi connectivity index (χ1n) is 12.3. The summed E-state index contributed by atoms with van der Waals surface area (Å²) in [5.74, 6) is -4.69. The van der Waals surface area contributed by atoms with Crippen molar-refractivity contribution in [1.82, 2.24) is 15.2 Å². The SMILES string of the molecule is CC(C)(C)OC(=O)N1CC(NC(=O)[C@]23CN(c4ccc(C#N)c5ncccc45)C[C@@]2(C(F)(F)F)C3)C(F)(F)C1.